The maximum absolute atomic E-state index is 13.6. The fourth-order valence-corrected chi connectivity index (χ4v) is 7.46. The molecule has 7 rings (SSSR count). The summed E-state index contributed by atoms with van der Waals surface area (Å²) in [6, 6.07) is 21.9. The van der Waals surface area contributed by atoms with Gasteiger partial charge in [0, 0.05) is 63.2 Å². The van der Waals surface area contributed by atoms with Crippen LogP contribution in [0.4, 0.5) is 0 Å². The highest BCUT2D eigenvalue weighted by Gasteiger charge is 2.44. The number of carbonyl (C=O) groups excluding carboxylic acids is 1. The zero-order valence-corrected chi connectivity index (χ0v) is 27.8. The van der Waals surface area contributed by atoms with Gasteiger partial charge in [-0.05, 0) is 37.8 Å². The van der Waals surface area contributed by atoms with Crippen molar-refractivity contribution in [3.8, 4) is 11.8 Å². The zero-order valence-electron chi connectivity index (χ0n) is 27.8. The van der Waals surface area contributed by atoms with Gasteiger partial charge in [-0.25, -0.2) is 0 Å². The van der Waals surface area contributed by atoms with Crippen LogP contribution in [0.25, 0.3) is 0 Å². The molecular formula is C37H47N5O5. The lowest BCUT2D eigenvalue weighted by atomic mass is 9.81. The fraction of sp³-hybridized carbons (Fsp3) is 0.541. The van der Waals surface area contributed by atoms with Crippen molar-refractivity contribution in [1.29, 1.82) is 0 Å². The van der Waals surface area contributed by atoms with Crippen molar-refractivity contribution in [3.63, 3.8) is 0 Å². The number of ether oxygens (including phenoxy) is 4. The second kappa shape index (κ2) is 14.3. The molecule has 1 amide bonds. The van der Waals surface area contributed by atoms with Crippen LogP contribution in [0.1, 0.15) is 61.0 Å². The maximum atomic E-state index is 13.6. The first-order chi connectivity index (χ1) is 23.0. The van der Waals surface area contributed by atoms with Gasteiger partial charge >= 0.3 is 0 Å². The molecule has 1 saturated carbocycles. The van der Waals surface area contributed by atoms with E-state index in [1.165, 1.54) is 11.1 Å². The van der Waals surface area contributed by atoms with Gasteiger partial charge in [-0.3, -0.25) is 14.6 Å². The number of nitrogens with zero attached hydrogens (tertiary/aromatic N) is 5. The van der Waals surface area contributed by atoms with Gasteiger partial charge in [-0.1, -0.05) is 60.7 Å². The van der Waals surface area contributed by atoms with E-state index in [-0.39, 0.29) is 30.0 Å². The molecule has 3 aromatic rings. The molecule has 0 radical (unpaired) electrons. The van der Waals surface area contributed by atoms with Crippen molar-refractivity contribution in [1.82, 2.24) is 24.7 Å². The highest BCUT2D eigenvalue weighted by atomic mass is 16.6. The number of amides is 1. The number of aromatic nitrogens is 2. The van der Waals surface area contributed by atoms with Crippen LogP contribution >= 0.6 is 0 Å². The van der Waals surface area contributed by atoms with Crippen LogP contribution in [0, 0.1) is 0 Å². The van der Waals surface area contributed by atoms with Crippen molar-refractivity contribution in [2.45, 2.75) is 69.4 Å². The summed E-state index contributed by atoms with van der Waals surface area (Å²) in [7, 11) is 1.69. The van der Waals surface area contributed by atoms with E-state index in [4.69, 9.17) is 28.9 Å². The van der Waals surface area contributed by atoms with Crippen LogP contribution in [0.3, 0.4) is 0 Å². The van der Waals surface area contributed by atoms with Gasteiger partial charge in [0.2, 0.25) is 11.8 Å². The summed E-state index contributed by atoms with van der Waals surface area (Å²) in [6.45, 7) is 9.66. The molecule has 3 unspecified atom stereocenters. The Kier molecular flexibility index (Phi) is 9.72. The number of fused-ring (bicyclic) bond motifs is 1. The lowest BCUT2D eigenvalue weighted by molar-refractivity contribution is -0.162. The molecule has 4 heterocycles. The highest BCUT2D eigenvalue weighted by Crippen LogP contribution is 2.42. The summed E-state index contributed by atoms with van der Waals surface area (Å²) < 4.78 is 23.7. The van der Waals surface area contributed by atoms with Gasteiger partial charge in [0.1, 0.15) is 5.82 Å². The lowest BCUT2D eigenvalue weighted by Crippen LogP contribution is -2.68. The molecule has 4 aliphatic rings. The third-order valence-corrected chi connectivity index (χ3v) is 9.79. The molecule has 0 spiro atoms. The number of benzene rings is 2. The smallest absolute Gasteiger partial charge is 0.254 e. The van der Waals surface area contributed by atoms with E-state index in [1.54, 1.807) is 7.11 Å². The number of rotatable bonds is 10. The summed E-state index contributed by atoms with van der Waals surface area (Å²) in [5.74, 6) is 2.56. The van der Waals surface area contributed by atoms with Gasteiger partial charge in [0.25, 0.3) is 5.91 Å². The summed E-state index contributed by atoms with van der Waals surface area (Å²) in [5, 5.41) is 0. The first-order valence-electron chi connectivity index (χ1n) is 17.2. The van der Waals surface area contributed by atoms with E-state index in [2.05, 4.69) is 70.5 Å². The van der Waals surface area contributed by atoms with Crippen LogP contribution in [0.5, 0.6) is 11.8 Å². The van der Waals surface area contributed by atoms with E-state index in [1.807, 2.05) is 18.7 Å². The molecule has 10 heteroatoms. The molecule has 2 aromatic carbocycles. The average Bonchev–Trinajstić information content (AvgIpc) is 3.96. The third kappa shape index (κ3) is 7.16. The largest absolute Gasteiger partial charge is 0.481 e. The molecule has 1 aromatic heterocycles. The first-order valence-corrected chi connectivity index (χ1v) is 17.2. The molecule has 4 fully saturated rings. The Hall–Kier alpha value is -3.57. The second-order valence-corrected chi connectivity index (χ2v) is 13.5. The Morgan fingerprint density at radius 3 is 2.23 bits per heavy atom. The molecule has 250 valence electrons. The van der Waals surface area contributed by atoms with E-state index in [0.717, 1.165) is 43.9 Å². The van der Waals surface area contributed by atoms with Gasteiger partial charge in [0.15, 0.2) is 6.10 Å². The molecule has 3 atom stereocenters. The lowest BCUT2D eigenvalue weighted by Gasteiger charge is -2.54. The van der Waals surface area contributed by atoms with Crippen LogP contribution in [0.15, 0.2) is 60.7 Å². The van der Waals surface area contributed by atoms with Crippen molar-refractivity contribution in [2.75, 3.05) is 59.7 Å². The number of carbonyl (C=O) groups is 1. The molecule has 1 aliphatic carbocycles. The van der Waals surface area contributed by atoms with Crippen molar-refractivity contribution in [3.05, 3.63) is 83.2 Å². The standard InChI is InChI=1S/C37H47N5O5/c1-25(2)47-36-30(35(44-3)38-34(39-36)28-14-15-28)22-40-20-29-21-41(37(43)32-24-45-18-19-46-32)16-17-42(29)31(23-40)33(26-10-6-4-7-11-26)27-12-8-5-9-13-27/h4-13,25,28-29,31-33H,14-24H2,1-3H3. The topological polar surface area (TPSA) is 89.5 Å². The summed E-state index contributed by atoms with van der Waals surface area (Å²) in [4.78, 5) is 30.6. The quantitative estimate of drug-likeness (QED) is 0.325. The molecule has 10 nitrogen and oxygen atoms in total. The van der Waals surface area contributed by atoms with Gasteiger partial charge in [-0.15, -0.1) is 0 Å². The SMILES string of the molecule is COc1nc(C2CC2)nc(OC(C)C)c1CN1CC2CN(C(=O)C3COCCO3)CCN2C(C(c2ccccc2)c2ccccc2)C1. The Morgan fingerprint density at radius 1 is 0.915 bits per heavy atom. The average molecular weight is 642 g/mol. The Morgan fingerprint density at radius 2 is 1.62 bits per heavy atom. The minimum atomic E-state index is -0.533. The number of methoxy groups -OCH3 is 1. The highest BCUT2D eigenvalue weighted by molar-refractivity contribution is 5.81. The van der Waals surface area contributed by atoms with E-state index in [9.17, 15) is 4.79 Å². The van der Waals surface area contributed by atoms with Crippen molar-refractivity contribution in [2.24, 2.45) is 0 Å². The van der Waals surface area contributed by atoms with E-state index < -0.39 is 6.10 Å². The van der Waals surface area contributed by atoms with E-state index in [0.29, 0.717) is 57.1 Å². The predicted octanol–water partition coefficient (Wildman–Crippen LogP) is 4.09. The minimum Gasteiger partial charge on any atom is -0.481 e. The number of hydrogen-bond acceptors (Lipinski definition) is 9. The molecule has 3 aliphatic heterocycles. The monoisotopic (exact) mass is 641 g/mol. The summed E-state index contributed by atoms with van der Waals surface area (Å²) in [6.07, 6.45) is 1.63. The molecule has 47 heavy (non-hydrogen) atoms. The molecule has 0 N–H and O–H groups in total. The van der Waals surface area contributed by atoms with Crippen LogP contribution < -0.4 is 9.47 Å². The second-order valence-electron chi connectivity index (χ2n) is 13.5. The number of hydrogen-bond donors (Lipinski definition) is 0. The Bertz CT molecular complexity index is 1460. The van der Waals surface area contributed by atoms with Crippen LogP contribution in [-0.4, -0.2) is 115 Å². The van der Waals surface area contributed by atoms with Gasteiger partial charge < -0.3 is 23.8 Å². The zero-order chi connectivity index (χ0) is 32.3. The van der Waals surface area contributed by atoms with E-state index >= 15 is 0 Å². The fourth-order valence-electron chi connectivity index (χ4n) is 7.46. The van der Waals surface area contributed by atoms with Crippen LogP contribution in [0.2, 0.25) is 0 Å². The van der Waals surface area contributed by atoms with Crippen LogP contribution in [-0.2, 0) is 20.8 Å². The minimum absolute atomic E-state index is 0.0269. The van der Waals surface area contributed by atoms with Crippen molar-refractivity contribution < 1.29 is 23.7 Å². The predicted molar refractivity (Wildman–Crippen MR) is 178 cm³/mol. The Labute approximate surface area is 278 Å². The molecule has 0 bridgehead atoms. The first kappa shape index (κ1) is 32.0. The summed E-state index contributed by atoms with van der Waals surface area (Å²) >= 11 is 0. The Balaban J connectivity index is 1.24. The van der Waals surface area contributed by atoms with Crippen molar-refractivity contribution >= 4 is 5.91 Å². The molecule has 3 saturated heterocycles. The number of piperazine rings is 2. The normalized spacial score (nSPS) is 23.9. The third-order valence-electron chi connectivity index (χ3n) is 9.79. The van der Waals surface area contributed by atoms with Gasteiger partial charge in [-0.2, -0.15) is 9.97 Å². The summed E-state index contributed by atoms with van der Waals surface area (Å²) in [5.41, 5.74) is 3.45. The maximum Gasteiger partial charge on any atom is 0.254 e. The van der Waals surface area contributed by atoms with Gasteiger partial charge in [0.05, 0.1) is 38.6 Å². The molecular weight excluding hydrogens is 594 g/mol.